The molecule has 0 radical (unpaired) electrons. The molecule has 0 saturated carbocycles. The van der Waals surface area contributed by atoms with Crippen LogP contribution in [0, 0.1) is 0 Å². The third-order valence-electron chi connectivity index (χ3n) is 5.15. The number of ether oxygens (including phenoxy) is 3. The smallest absolute Gasteiger partial charge is 0.340 e. The molecule has 1 amide bonds. The average molecular weight is 445 g/mol. The maximum Gasteiger partial charge on any atom is 0.340 e. The lowest BCUT2D eigenvalue weighted by Crippen LogP contribution is -2.16. The van der Waals surface area contributed by atoms with Crippen molar-refractivity contribution in [1.29, 1.82) is 0 Å². The molecule has 1 heterocycles. The van der Waals surface area contributed by atoms with Crippen LogP contribution in [-0.2, 0) is 4.74 Å². The zero-order chi connectivity index (χ0) is 23.4. The van der Waals surface area contributed by atoms with Crippen LogP contribution < -0.4 is 14.8 Å². The zero-order valence-corrected chi connectivity index (χ0v) is 18.5. The Balaban J connectivity index is 1.82. The minimum absolute atomic E-state index is 0.231. The fourth-order valence-corrected chi connectivity index (χ4v) is 3.54. The minimum Gasteiger partial charge on any atom is -0.497 e. The number of carbonyl (C=O) groups excluding carboxylic acids is 2. The molecule has 0 fully saturated rings. The minimum atomic E-state index is -0.512. The molecule has 7 heteroatoms. The average Bonchev–Trinajstić information content (AvgIpc) is 3.23. The Kier molecular flexibility index (Phi) is 6.31. The molecule has 1 N–H and O–H groups in total. The van der Waals surface area contributed by atoms with E-state index in [-0.39, 0.29) is 12.2 Å². The van der Waals surface area contributed by atoms with Gasteiger partial charge in [-0.1, -0.05) is 12.1 Å². The Morgan fingerprint density at radius 3 is 2.30 bits per heavy atom. The van der Waals surface area contributed by atoms with Crippen molar-refractivity contribution in [2.45, 2.75) is 6.92 Å². The summed E-state index contributed by atoms with van der Waals surface area (Å²) in [7, 11) is 3.14. The molecule has 1 aromatic heterocycles. The van der Waals surface area contributed by atoms with Gasteiger partial charge < -0.3 is 23.9 Å². The molecule has 0 atom stereocenters. The lowest BCUT2D eigenvalue weighted by Gasteiger charge is -2.11. The molecule has 0 saturated heterocycles. The van der Waals surface area contributed by atoms with Crippen LogP contribution in [0.15, 0.2) is 71.1 Å². The summed E-state index contributed by atoms with van der Waals surface area (Å²) in [5.74, 6) is 0.732. The van der Waals surface area contributed by atoms with Crippen molar-refractivity contribution in [2.75, 3.05) is 26.1 Å². The highest BCUT2D eigenvalue weighted by Gasteiger charge is 2.24. The molecule has 0 spiro atoms. The number of anilines is 1. The highest BCUT2D eigenvalue weighted by Crippen LogP contribution is 2.36. The largest absolute Gasteiger partial charge is 0.497 e. The van der Waals surface area contributed by atoms with E-state index in [0.29, 0.717) is 45.0 Å². The predicted octanol–water partition coefficient (Wildman–Crippen LogP) is 5.55. The second kappa shape index (κ2) is 9.48. The molecule has 4 rings (SSSR count). The number of carbonyl (C=O) groups is 2. The summed E-state index contributed by atoms with van der Waals surface area (Å²) in [5, 5.41) is 3.44. The molecular formula is C26H23NO6. The van der Waals surface area contributed by atoms with Gasteiger partial charge in [-0.3, -0.25) is 4.79 Å². The van der Waals surface area contributed by atoms with Gasteiger partial charge in [0.15, 0.2) is 0 Å². The van der Waals surface area contributed by atoms with Crippen molar-refractivity contribution >= 4 is 28.5 Å². The summed E-state index contributed by atoms with van der Waals surface area (Å²) in [5.41, 5.74) is 2.18. The first-order valence-corrected chi connectivity index (χ1v) is 10.4. The van der Waals surface area contributed by atoms with Gasteiger partial charge in [0.25, 0.3) is 5.91 Å². The molecule has 0 aliphatic carbocycles. The molecule has 0 aliphatic heterocycles. The molecule has 0 unspecified atom stereocenters. The van der Waals surface area contributed by atoms with Gasteiger partial charge in [0.05, 0.1) is 37.6 Å². The van der Waals surface area contributed by atoms with Crippen LogP contribution in [0.4, 0.5) is 5.69 Å². The number of benzene rings is 3. The van der Waals surface area contributed by atoms with Gasteiger partial charge in [-0.15, -0.1) is 0 Å². The fourth-order valence-electron chi connectivity index (χ4n) is 3.54. The first-order valence-electron chi connectivity index (χ1n) is 10.4. The molecule has 7 nitrogen and oxygen atoms in total. The van der Waals surface area contributed by atoms with Gasteiger partial charge in [-0.25, -0.2) is 4.79 Å². The summed E-state index contributed by atoms with van der Waals surface area (Å²) < 4.78 is 21.8. The van der Waals surface area contributed by atoms with Crippen LogP contribution in [0.3, 0.4) is 0 Å². The normalized spacial score (nSPS) is 10.6. The summed E-state index contributed by atoms with van der Waals surface area (Å²) in [6.45, 7) is 1.96. The Morgan fingerprint density at radius 1 is 0.909 bits per heavy atom. The van der Waals surface area contributed by atoms with Crippen LogP contribution >= 0.6 is 0 Å². The number of hydrogen-bond donors (Lipinski definition) is 1. The third-order valence-corrected chi connectivity index (χ3v) is 5.15. The Morgan fingerprint density at radius 2 is 1.61 bits per heavy atom. The third kappa shape index (κ3) is 4.39. The van der Waals surface area contributed by atoms with E-state index in [1.807, 2.05) is 12.1 Å². The number of esters is 1. The van der Waals surface area contributed by atoms with E-state index in [0.717, 1.165) is 0 Å². The van der Waals surface area contributed by atoms with E-state index < -0.39 is 11.9 Å². The monoisotopic (exact) mass is 445 g/mol. The fraction of sp³-hybridized carbons (Fsp3) is 0.154. The van der Waals surface area contributed by atoms with Crippen LogP contribution in [0.2, 0.25) is 0 Å². The number of rotatable bonds is 7. The number of methoxy groups -OCH3 is 2. The van der Waals surface area contributed by atoms with Crippen molar-refractivity contribution in [1.82, 2.24) is 0 Å². The predicted molar refractivity (Wildman–Crippen MR) is 125 cm³/mol. The highest BCUT2D eigenvalue weighted by atomic mass is 16.5. The number of amides is 1. The zero-order valence-electron chi connectivity index (χ0n) is 18.5. The second-order valence-electron chi connectivity index (χ2n) is 7.12. The van der Waals surface area contributed by atoms with Crippen molar-refractivity contribution in [3.8, 4) is 22.8 Å². The SMILES string of the molecule is CCOC(=O)c1ccccc1NC(=O)c1c(-c2ccc(OC)cc2)oc2ccc(OC)cc12. The number of para-hydroxylation sites is 1. The summed E-state index contributed by atoms with van der Waals surface area (Å²) in [6, 6.07) is 19.2. The van der Waals surface area contributed by atoms with Crippen molar-refractivity contribution in [3.63, 3.8) is 0 Å². The molecule has 3 aromatic carbocycles. The van der Waals surface area contributed by atoms with Gasteiger partial charge in [0.1, 0.15) is 22.8 Å². The van der Waals surface area contributed by atoms with E-state index in [1.54, 1.807) is 75.7 Å². The molecule has 0 bridgehead atoms. The lowest BCUT2D eigenvalue weighted by molar-refractivity contribution is 0.0527. The van der Waals surface area contributed by atoms with Gasteiger partial charge in [-0.2, -0.15) is 0 Å². The Bertz CT molecular complexity index is 1310. The first kappa shape index (κ1) is 22.0. The van der Waals surface area contributed by atoms with E-state index in [4.69, 9.17) is 18.6 Å². The van der Waals surface area contributed by atoms with Gasteiger partial charge >= 0.3 is 5.97 Å². The maximum atomic E-state index is 13.6. The van der Waals surface area contributed by atoms with Gasteiger partial charge in [0.2, 0.25) is 0 Å². The lowest BCUT2D eigenvalue weighted by atomic mass is 10.0. The van der Waals surface area contributed by atoms with E-state index >= 15 is 0 Å². The number of nitrogens with one attached hydrogen (secondary N) is 1. The number of furan rings is 1. The van der Waals surface area contributed by atoms with Crippen LogP contribution in [0.1, 0.15) is 27.6 Å². The van der Waals surface area contributed by atoms with E-state index in [2.05, 4.69) is 5.32 Å². The van der Waals surface area contributed by atoms with E-state index in [9.17, 15) is 9.59 Å². The molecular weight excluding hydrogens is 422 g/mol. The van der Waals surface area contributed by atoms with Crippen molar-refractivity contribution in [2.24, 2.45) is 0 Å². The van der Waals surface area contributed by atoms with Crippen molar-refractivity contribution < 1.29 is 28.2 Å². The summed E-state index contributed by atoms with van der Waals surface area (Å²) >= 11 is 0. The molecule has 0 aliphatic rings. The highest BCUT2D eigenvalue weighted by molar-refractivity contribution is 6.17. The van der Waals surface area contributed by atoms with Crippen LogP contribution in [0.25, 0.3) is 22.3 Å². The van der Waals surface area contributed by atoms with Crippen molar-refractivity contribution in [3.05, 3.63) is 77.9 Å². The quantitative estimate of drug-likeness (QED) is 0.376. The molecule has 4 aromatic rings. The van der Waals surface area contributed by atoms with Gasteiger partial charge in [-0.05, 0) is 61.5 Å². The topological polar surface area (TPSA) is 87.0 Å². The summed E-state index contributed by atoms with van der Waals surface area (Å²) in [4.78, 5) is 25.9. The Labute approximate surface area is 190 Å². The first-order chi connectivity index (χ1) is 16.0. The standard InChI is InChI=1S/C26H23NO6/c1-4-32-26(29)19-7-5-6-8-21(19)27-25(28)23-20-15-18(31-3)13-14-22(20)33-24(23)16-9-11-17(30-2)12-10-16/h5-15H,4H2,1-3H3,(H,27,28). The maximum absolute atomic E-state index is 13.6. The molecule has 168 valence electrons. The van der Waals surface area contributed by atoms with Crippen LogP contribution in [0.5, 0.6) is 11.5 Å². The summed E-state index contributed by atoms with van der Waals surface area (Å²) in [6.07, 6.45) is 0. The number of fused-ring (bicyclic) bond motifs is 1. The Hall–Kier alpha value is -4.26. The second-order valence-corrected chi connectivity index (χ2v) is 7.12. The van der Waals surface area contributed by atoms with Crippen LogP contribution in [-0.4, -0.2) is 32.7 Å². The molecule has 33 heavy (non-hydrogen) atoms. The van der Waals surface area contributed by atoms with Gasteiger partial charge in [0, 0.05) is 10.9 Å². The van der Waals surface area contributed by atoms with E-state index in [1.165, 1.54) is 0 Å². The number of hydrogen-bond acceptors (Lipinski definition) is 6.